The van der Waals surface area contributed by atoms with Gasteiger partial charge in [0.2, 0.25) is 0 Å². The molecule has 0 saturated heterocycles. The molecule has 148 valence electrons. The molecule has 1 heteroatoms. The van der Waals surface area contributed by atoms with Gasteiger partial charge in [0, 0.05) is 6.42 Å². The van der Waals surface area contributed by atoms with Crippen molar-refractivity contribution in [1.82, 2.24) is 0 Å². The molecule has 0 aliphatic heterocycles. The molecule has 1 nitrogen and oxygen atoms in total. The highest BCUT2D eigenvalue weighted by molar-refractivity contribution is 5.89. The fourth-order valence-electron chi connectivity index (χ4n) is 3.51. The van der Waals surface area contributed by atoms with E-state index in [1.807, 2.05) is 6.08 Å². The molecule has 25 heavy (non-hydrogen) atoms. The zero-order valence-electron chi connectivity index (χ0n) is 17.7. The third kappa shape index (κ3) is 18.0. The SMILES string of the molecule is CCCCCCCCC(=O)/C=C\CCC(CCCCC)CCCCC. The Bertz CT molecular complexity index is 295. The van der Waals surface area contributed by atoms with E-state index < -0.39 is 0 Å². The Morgan fingerprint density at radius 1 is 0.680 bits per heavy atom. The van der Waals surface area contributed by atoms with E-state index in [2.05, 4.69) is 26.8 Å². The van der Waals surface area contributed by atoms with Crippen LogP contribution in [0.1, 0.15) is 130 Å². The first kappa shape index (κ1) is 24.4. The molecule has 0 spiro atoms. The van der Waals surface area contributed by atoms with E-state index >= 15 is 0 Å². The standard InChI is InChI=1S/C24H46O/c1-4-7-10-11-12-15-21-24(25)22-17-16-20-23(18-13-8-5-2)19-14-9-6-3/h17,22-23H,4-16,18-21H2,1-3H3/b22-17-. The lowest BCUT2D eigenvalue weighted by molar-refractivity contribution is -0.114. The molecule has 0 aromatic carbocycles. The zero-order chi connectivity index (χ0) is 18.6. The van der Waals surface area contributed by atoms with Crippen molar-refractivity contribution in [2.75, 3.05) is 0 Å². The molecule has 0 radical (unpaired) electrons. The Morgan fingerprint density at radius 3 is 1.80 bits per heavy atom. The first-order chi connectivity index (χ1) is 12.2. The second kappa shape index (κ2) is 19.7. The van der Waals surface area contributed by atoms with Crippen LogP contribution >= 0.6 is 0 Å². The smallest absolute Gasteiger partial charge is 0.155 e. The number of hydrogen-bond acceptors (Lipinski definition) is 1. The fourth-order valence-corrected chi connectivity index (χ4v) is 3.51. The Labute approximate surface area is 159 Å². The maximum absolute atomic E-state index is 11.9. The summed E-state index contributed by atoms with van der Waals surface area (Å²) in [7, 11) is 0. The predicted octanol–water partition coefficient (Wildman–Crippen LogP) is 8.42. The van der Waals surface area contributed by atoms with Crippen LogP contribution < -0.4 is 0 Å². The van der Waals surface area contributed by atoms with Crippen molar-refractivity contribution in [3.63, 3.8) is 0 Å². The van der Waals surface area contributed by atoms with Crippen molar-refractivity contribution in [3.8, 4) is 0 Å². The van der Waals surface area contributed by atoms with E-state index in [1.165, 1.54) is 89.9 Å². The van der Waals surface area contributed by atoms with E-state index in [9.17, 15) is 4.79 Å². The summed E-state index contributed by atoms with van der Waals surface area (Å²) in [5.74, 6) is 1.21. The van der Waals surface area contributed by atoms with Crippen LogP contribution in [0.15, 0.2) is 12.2 Å². The van der Waals surface area contributed by atoms with Gasteiger partial charge in [-0.15, -0.1) is 0 Å². The minimum atomic E-state index is 0.337. The van der Waals surface area contributed by atoms with Crippen molar-refractivity contribution in [3.05, 3.63) is 12.2 Å². The molecule has 0 bridgehead atoms. The number of carbonyl (C=O) groups is 1. The largest absolute Gasteiger partial charge is 0.295 e. The van der Waals surface area contributed by atoms with Crippen molar-refractivity contribution in [2.45, 2.75) is 130 Å². The predicted molar refractivity (Wildman–Crippen MR) is 113 cm³/mol. The fraction of sp³-hybridized carbons (Fsp3) is 0.875. The lowest BCUT2D eigenvalue weighted by Gasteiger charge is -2.15. The van der Waals surface area contributed by atoms with Gasteiger partial charge in [-0.1, -0.05) is 110 Å². The van der Waals surface area contributed by atoms with Gasteiger partial charge in [-0.3, -0.25) is 4.79 Å². The number of allylic oxidation sites excluding steroid dienone is 2. The minimum absolute atomic E-state index is 0.337. The molecule has 0 N–H and O–H groups in total. The summed E-state index contributed by atoms with van der Waals surface area (Å²) in [5, 5.41) is 0. The molecule has 0 aromatic rings. The number of ketones is 1. The van der Waals surface area contributed by atoms with Gasteiger partial charge < -0.3 is 0 Å². The summed E-state index contributed by atoms with van der Waals surface area (Å²) >= 11 is 0. The van der Waals surface area contributed by atoms with Crippen molar-refractivity contribution >= 4 is 5.78 Å². The molecule has 0 aliphatic rings. The van der Waals surface area contributed by atoms with Gasteiger partial charge in [0.1, 0.15) is 0 Å². The Kier molecular flexibility index (Phi) is 19.3. The molecule has 0 amide bonds. The van der Waals surface area contributed by atoms with Crippen molar-refractivity contribution < 1.29 is 4.79 Å². The van der Waals surface area contributed by atoms with E-state index in [-0.39, 0.29) is 0 Å². The third-order valence-corrected chi connectivity index (χ3v) is 5.25. The van der Waals surface area contributed by atoms with E-state index in [1.54, 1.807) is 0 Å². The van der Waals surface area contributed by atoms with Crippen LogP contribution in [-0.2, 0) is 4.79 Å². The first-order valence-corrected chi connectivity index (χ1v) is 11.4. The van der Waals surface area contributed by atoms with Gasteiger partial charge in [0.05, 0.1) is 0 Å². The Balaban J connectivity index is 3.82. The van der Waals surface area contributed by atoms with Gasteiger partial charge in [0.25, 0.3) is 0 Å². The molecule has 0 atom stereocenters. The van der Waals surface area contributed by atoms with Crippen LogP contribution in [0.4, 0.5) is 0 Å². The number of unbranched alkanes of at least 4 members (excludes halogenated alkanes) is 9. The van der Waals surface area contributed by atoms with Gasteiger partial charge in [-0.2, -0.15) is 0 Å². The molecule has 0 heterocycles. The number of carbonyl (C=O) groups excluding carboxylic acids is 1. The third-order valence-electron chi connectivity index (χ3n) is 5.25. The van der Waals surface area contributed by atoms with E-state index in [4.69, 9.17) is 0 Å². The van der Waals surface area contributed by atoms with E-state index in [0.717, 1.165) is 25.2 Å². The van der Waals surface area contributed by atoms with Crippen LogP contribution in [0.25, 0.3) is 0 Å². The molecular formula is C24H46O. The van der Waals surface area contributed by atoms with Gasteiger partial charge in [-0.05, 0) is 31.3 Å². The summed E-state index contributed by atoms with van der Waals surface area (Å²) < 4.78 is 0. The lowest BCUT2D eigenvalue weighted by Crippen LogP contribution is -2.01. The normalized spacial score (nSPS) is 11.7. The van der Waals surface area contributed by atoms with Crippen molar-refractivity contribution in [1.29, 1.82) is 0 Å². The molecule has 0 unspecified atom stereocenters. The maximum Gasteiger partial charge on any atom is 0.155 e. The summed E-state index contributed by atoms with van der Waals surface area (Å²) in [4.78, 5) is 11.9. The van der Waals surface area contributed by atoms with Crippen LogP contribution in [0.5, 0.6) is 0 Å². The first-order valence-electron chi connectivity index (χ1n) is 11.4. The minimum Gasteiger partial charge on any atom is -0.295 e. The highest BCUT2D eigenvalue weighted by Gasteiger charge is 2.07. The van der Waals surface area contributed by atoms with Crippen molar-refractivity contribution in [2.24, 2.45) is 5.92 Å². The summed E-state index contributed by atoms with van der Waals surface area (Å²) in [6.07, 6.45) is 25.6. The maximum atomic E-state index is 11.9. The summed E-state index contributed by atoms with van der Waals surface area (Å²) in [5.41, 5.74) is 0. The van der Waals surface area contributed by atoms with Gasteiger partial charge in [0.15, 0.2) is 5.78 Å². The van der Waals surface area contributed by atoms with Gasteiger partial charge >= 0.3 is 0 Å². The van der Waals surface area contributed by atoms with E-state index in [0.29, 0.717) is 5.78 Å². The molecule has 0 fully saturated rings. The summed E-state index contributed by atoms with van der Waals surface area (Å²) in [6, 6.07) is 0. The van der Waals surface area contributed by atoms with Crippen LogP contribution in [0, 0.1) is 5.92 Å². The highest BCUT2D eigenvalue weighted by Crippen LogP contribution is 2.22. The molecule has 0 saturated carbocycles. The summed E-state index contributed by atoms with van der Waals surface area (Å²) in [6.45, 7) is 6.81. The molecular weight excluding hydrogens is 304 g/mol. The molecule has 0 rings (SSSR count). The van der Waals surface area contributed by atoms with Gasteiger partial charge in [-0.25, -0.2) is 0 Å². The second-order valence-corrected chi connectivity index (χ2v) is 7.82. The molecule has 0 aromatic heterocycles. The Morgan fingerprint density at radius 2 is 1.20 bits per heavy atom. The Hall–Kier alpha value is -0.590. The van der Waals surface area contributed by atoms with Crippen LogP contribution in [-0.4, -0.2) is 5.78 Å². The number of hydrogen-bond donors (Lipinski definition) is 0. The molecule has 0 aliphatic carbocycles. The second-order valence-electron chi connectivity index (χ2n) is 7.82. The van der Waals surface area contributed by atoms with Crippen LogP contribution in [0.2, 0.25) is 0 Å². The quantitative estimate of drug-likeness (QED) is 0.169. The highest BCUT2D eigenvalue weighted by atomic mass is 16.1. The average molecular weight is 351 g/mol. The topological polar surface area (TPSA) is 17.1 Å². The zero-order valence-corrected chi connectivity index (χ0v) is 17.7. The lowest BCUT2D eigenvalue weighted by atomic mass is 9.91. The average Bonchev–Trinajstić information content (AvgIpc) is 2.61. The number of rotatable bonds is 19. The monoisotopic (exact) mass is 350 g/mol. The van der Waals surface area contributed by atoms with Crippen LogP contribution in [0.3, 0.4) is 0 Å².